The summed E-state index contributed by atoms with van der Waals surface area (Å²) in [5.74, 6) is 0. The van der Waals surface area contributed by atoms with Gasteiger partial charge in [0.05, 0.1) is 0 Å². The molecule has 3 nitrogen and oxygen atoms in total. The molecule has 90 valence electrons. The second-order valence-corrected chi connectivity index (χ2v) is 4.79. The molecule has 1 aliphatic carbocycles. The lowest BCUT2D eigenvalue weighted by atomic mass is 10.0. The highest BCUT2D eigenvalue weighted by atomic mass is 16.3. The zero-order chi connectivity index (χ0) is 11.0. The van der Waals surface area contributed by atoms with Crippen molar-refractivity contribution in [3.8, 4) is 0 Å². The minimum atomic E-state index is 0.326. The maximum Gasteiger partial charge on any atom is 0.0436 e. The van der Waals surface area contributed by atoms with Crippen molar-refractivity contribution < 1.29 is 10.2 Å². The fourth-order valence-electron chi connectivity index (χ4n) is 2.00. The minimum Gasteiger partial charge on any atom is -0.396 e. The van der Waals surface area contributed by atoms with Crippen LogP contribution >= 0.6 is 0 Å². The molecule has 0 aromatic heterocycles. The number of aliphatic hydroxyl groups is 2. The SMILES string of the molecule is OCCCCCCNCC1(CCO)CC1. The van der Waals surface area contributed by atoms with Crippen LogP contribution in [0.3, 0.4) is 0 Å². The summed E-state index contributed by atoms with van der Waals surface area (Å²) in [5.41, 5.74) is 0.444. The first-order chi connectivity index (χ1) is 7.33. The zero-order valence-electron chi connectivity index (χ0n) is 9.67. The van der Waals surface area contributed by atoms with Gasteiger partial charge in [-0.05, 0) is 44.1 Å². The third-order valence-electron chi connectivity index (χ3n) is 3.36. The normalized spacial score (nSPS) is 18.0. The van der Waals surface area contributed by atoms with E-state index in [4.69, 9.17) is 10.2 Å². The summed E-state index contributed by atoms with van der Waals surface area (Å²) in [7, 11) is 0. The number of hydrogen-bond acceptors (Lipinski definition) is 3. The number of unbranched alkanes of at least 4 members (excludes halogenated alkanes) is 3. The topological polar surface area (TPSA) is 52.5 Å². The van der Waals surface area contributed by atoms with Gasteiger partial charge in [-0.3, -0.25) is 0 Å². The molecule has 0 bridgehead atoms. The highest BCUT2D eigenvalue weighted by Crippen LogP contribution is 2.47. The Balaban J connectivity index is 1.84. The largest absolute Gasteiger partial charge is 0.396 e. The maximum absolute atomic E-state index is 8.89. The summed E-state index contributed by atoms with van der Waals surface area (Å²) in [6, 6.07) is 0. The van der Waals surface area contributed by atoms with Crippen molar-refractivity contribution in [2.24, 2.45) is 5.41 Å². The molecule has 0 radical (unpaired) electrons. The molecule has 1 rings (SSSR count). The molecule has 3 heteroatoms. The molecule has 1 aliphatic rings. The van der Waals surface area contributed by atoms with Crippen LogP contribution in [0.4, 0.5) is 0 Å². The molecule has 0 aliphatic heterocycles. The second-order valence-electron chi connectivity index (χ2n) is 4.79. The third-order valence-corrected chi connectivity index (χ3v) is 3.36. The average Bonchev–Trinajstić information content (AvgIpc) is 2.98. The molecular formula is C12H25NO2. The molecule has 0 aromatic carbocycles. The Bertz CT molecular complexity index is 158. The van der Waals surface area contributed by atoms with Crippen molar-refractivity contribution in [1.82, 2.24) is 5.32 Å². The highest BCUT2D eigenvalue weighted by molar-refractivity contribution is 4.94. The monoisotopic (exact) mass is 215 g/mol. The second kappa shape index (κ2) is 7.20. The molecule has 0 spiro atoms. The van der Waals surface area contributed by atoms with Gasteiger partial charge in [0.15, 0.2) is 0 Å². The van der Waals surface area contributed by atoms with Crippen molar-refractivity contribution in [3.05, 3.63) is 0 Å². The Morgan fingerprint density at radius 2 is 1.67 bits per heavy atom. The van der Waals surface area contributed by atoms with Gasteiger partial charge >= 0.3 is 0 Å². The Morgan fingerprint density at radius 1 is 0.933 bits per heavy atom. The van der Waals surface area contributed by atoms with Crippen LogP contribution in [0.5, 0.6) is 0 Å². The van der Waals surface area contributed by atoms with Crippen molar-refractivity contribution in [3.63, 3.8) is 0 Å². The number of rotatable bonds is 10. The van der Waals surface area contributed by atoms with Crippen LogP contribution in [-0.2, 0) is 0 Å². The minimum absolute atomic E-state index is 0.326. The molecule has 0 unspecified atom stereocenters. The van der Waals surface area contributed by atoms with E-state index in [0.717, 1.165) is 32.4 Å². The first-order valence-corrected chi connectivity index (χ1v) is 6.25. The van der Waals surface area contributed by atoms with Gasteiger partial charge in [0, 0.05) is 19.8 Å². The van der Waals surface area contributed by atoms with Crippen LogP contribution in [0.15, 0.2) is 0 Å². The first kappa shape index (κ1) is 12.9. The molecule has 0 aromatic rings. The lowest BCUT2D eigenvalue weighted by Gasteiger charge is -2.14. The quantitative estimate of drug-likeness (QED) is 0.481. The Morgan fingerprint density at radius 3 is 2.27 bits per heavy atom. The average molecular weight is 215 g/mol. The van der Waals surface area contributed by atoms with E-state index >= 15 is 0 Å². The van der Waals surface area contributed by atoms with E-state index in [1.165, 1.54) is 25.7 Å². The van der Waals surface area contributed by atoms with Crippen LogP contribution in [0.1, 0.15) is 44.9 Å². The van der Waals surface area contributed by atoms with Crippen molar-refractivity contribution >= 4 is 0 Å². The van der Waals surface area contributed by atoms with Crippen LogP contribution in [0.2, 0.25) is 0 Å². The predicted octanol–water partition coefficient (Wildman–Crippen LogP) is 1.29. The molecule has 0 heterocycles. The van der Waals surface area contributed by atoms with E-state index in [9.17, 15) is 0 Å². The number of nitrogens with one attached hydrogen (secondary N) is 1. The molecule has 1 saturated carbocycles. The number of hydrogen-bond donors (Lipinski definition) is 3. The zero-order valence-corrected chi connectivity index (χ0v) is 9.67. The fraction of sp³-hybridized carbons (Fsp3) is 1.00. The van der Waals surface area contributed by atoms with E-state index < -0.39 is 0 Å². The van der Waals surface area contributed by atoms with Crippen molar-refractivity contribution in [2.45, 2.75) is 44.9 Å². The maximum atomic E-state index is 8.89. The standard InChI is InChI=1S/C12H25NO2/c14-9-4-2-1-3-8-13-11-12(5-6-12)7-10-15/h13-15H,1-11H2. The van der Waals surface area contributed by atoms with Crippen LogP contribution in [0.25, 0.3) is 0 Å². The van der Waals surface area contributed by atoms with Gasteiger partial charge in [0.2, 0.25) is 0 Å². The summed E-state index contributed by atoms with van der Waals surface area (Å²) in [5, 5.41) is 21.0. The van der Waals surface area contributed by atoms with E-state index in [-0.39, 0.29) is 0 Å². The van der Waals surface area contributed by atoms with Gasteiger partial charge in [-0.1, -0.05) is 12.8 Å². The van der Waals surface area contributed by atoms with E-state index in [1.807, 2.05) is 0 Å². The lowest BCUT2D eigenvalue weighted by Crippen LogP contribution is -2.25. The summed E-state index contributed by atoms with van der Waals surface area (Å²) in [6.45, 7) is 2.82. The van der Waals surface area contributed by atoms with E-state index in [0.29, 0.717) is 18.6 Å². The van der Waals surface area contributed by atoms with Gasteiger partial charge in [-0.15, -0.1) is 0 Å². The van der Waals surface area contributed by atoms with E-state index in [1.54, 1.807) is 0 Å². The van der Waals surface area contributed by atoms with Crippen LogP contribution in [-0.4, -0.2) is 36.5 Å². The first-order valence-electron chi connectivity index (χ1n) is 6.25. The molecule has 0 atom stereocenters. The van der Waals surface area contributed by atoms with Gasteiger partial charge in [0.25, 0.3) is 0 Å². The van der Waals surface area contributed by atoms with Crippen LogP contribution in [0, 0.1) is 5.41 Å². The molecule has 0 amide bonds. The van der Waals surface area contributed by atoms with Gasteiger partial charge < -0.3 is 15.5 Å². The highest BCUT2D eigenvalue weighted by Gasteiger charge is 2.40. The summed E-state index contributed by atoms with van der Waals surface area (Å²) >= 11 is 0. The van der Waals surface area contributed by atoms with Crippen molar-refractivity contribution in [1.29, 1.82) is 0 Å². The summed E-state index contributed by atoms with van der Waals surface area (Å²) < 4.78 is 0. The summed E-state index contributed by atoms with van der Waals surface area (Å²) in [4.78, 5) is 0. The van der Waals surface area contributed by atoms with Crippen molar-refractivity contribution in [2.75, 3.05) is 26.3 Å². The Labute approximate surface area is 92.9 Å². The Hall–Kier alpha value is -0.120. The molecule has 1 fully saturated rings. The predicted molar refractivity (Wildman–Crippen MR) is 61.8 cm³/mol. The van der Waals surface area contributed by atoms with Gasteiger partial charge in [-0.25, -0.2) is 0 Å². The lowest BCUT2D eigenvalue weighted by molar-refractivity contribution is 0.245. The molecule has 3 N–H and O–H groups in total. The van der Waals surface area contributed by atoms with E-state index in [2.05, 4.69) is 5.32 Å². The Kier molecular flexibility index (Phi) is 6.22. The van der Waals surface area contributed by atoms with Crippen LogP contribution < -0.4 is 5.32 Å². The van der Waals surface area contributed by atoms with Gasteiger partial charge in [-0.2, -0.15) is 0 Å². The molecule has 15 heavy (non-hydrogen) atoms. The third kappa shape index (κ3) is 5.50. The fourth-order valence-corrected chi connectivity index (χ4v) is 2.00. The smallest absolute Gasteiger partial charge is 0.0436 e. The molecule has 0 saturated heterocycles. The molecular weight excluding hydrogens is 190 g/mol. The number of aliphatic hydroxyl groups excluding tert-OH is 2. The van der Waals surface area contributed by atoms with Gasteiger partial charge in [0.1, 0.15) is 0 Å². The summed E-state index contributed by atoms with van der Waals surface area (Å²) in [6.07, 6.45) is 8.02.